The molecule has 0 saturated carbocycles. The van der Waals surface area contributed by atoms with Crippen molar-refractivity contribution < 1.29 is 0 Å². The van der Waals surface area contributed by atoms with Crippen LogP contribution in [0.1, 0.15) is 13.8 Å². The molecule has 0 radical (unpaired) electrons. The highest BCUT2D eigenvalue weighted by atomic mass is 15.0. The Morgan fingerprint density at radius 3 is 3.00 bits per heavy atom. The van der Waals surface area contributed by atoms with Crippen molar-refractivity contribution in [3.8, 4) is 0 Å². The van der Waals surface area contributed by atoms with Crippen LogP contribution in [0, 0.1) is 0 Å². The van der Waals surface area contributed by atoms with Gasteiger partial charge < -0.3 is 10.6 Å². The lowest BCUT2D eigenvalue weighted by Crippen LogP contribution is -2.44. The molecule has 9 heavy (non-hydrogen) atoms. The molecule has 0 fully saturated rings. The van der Waals surface area contributed by atoms with Crippen LogP contribution in [0.4, 0.5) is 0 Å². The van der Waals surface area contributed by atoms with E-state index in [0.717, 1.165) is 13.1 Å². The van der Waals surface area contributed by atoms with Crippen molar-refractivity contribution in [2.45, 2.75) is 19.4 Å². The highest BCUT2D eigenvalue weighted by Gasteiger charge is 2.15. The largest absolute Gasteiger partial charge is 0.389 e. The summed E-state index contributed by atoms with van der Waals surface area (Å²) < 4.78 is 0. The molecule has 0 aromatic heterocycles. The van der Waals surface area contributed by atoms with Crippen LogP contribution in [0.25, 0.3) is 0 Å². The van der Waals surface area contributed by atoms with Gasteiger partial charge in [0.2, 0.25) is 0 Å². The molecule has 0 aliphatic carbocycles. The van der Waals surface area contributed by atoms with Crippen molar-refractivity contribution in [1.82, 2.24) is 10.6 Å². The normalized spacial score (nSPS) is 24.7. The molecule has 0 atom stereocenters. The van der Waals surface area contributed by atoms with Gasteiger partial charge in [-0.3, -0.25) is 0 Å². The van der Waals surface area contributed by atoms with Crippen LogP contribution in [0.3, 0.4) is 0 Å². The molecule has 2 N–H and O–H groups in total. The predicted octanol–water partition coefficient (Wildman–Crippen LogP) is 0.471. The summed E-state index contributed by atoms with van der Waals surface area (Å²) >= 11 is 0. The monoisotopic (exact) mass is 126 g/mol. The van der Waals surface area contributed by atoms with Gasteiger partial charge in [0, 0.05) is 18.6 Å². The lowest BCUT2D eigenvalue weighted by atomic mass is 10.1. The summed E-state index contributed by atoms with van der Waals surface area (Å²) in [5.41, 5.74) is 0.240. The fraction of sp³-hybridized carbons (Fsp3) is 0.714. The predicted molar refractivity (Wildman–Crippen MR) is 39.2 cm³/mol. The maximum atomic E-state index is 3.37. The Bertz CT molecular complexity index is 104. The summed E-state index contributed by atoms with van der Waals surface area (Å²) in [6, 6.07) is 0. The molecule has 0 saturated heterocycles. The van der Waals surface area contributed by atoms with Crippen LogP contribution >= 0.6 is 0 Å². The van der Waals surface area contributed by atoms with E-state index in [4.69, 9.17) is 0 Å². The molecule has 0 unspecified atom stereocenters. The summed E-state index contributed by atoms with van der Waals surface area (Å²) in [4.78, 5) is 0. The second kappa shape index (κ2) is 2.40. The van der Waals surface area contributed by atoms with Crippen LogP contribution in [0.2, 0.25) is 0 Å². The fourth-order valence-electron chi connectivity index (χ4n) is 0.854. The van der Waals surface area contributed by atoms with Crippen LogP contribution in [-0.2, 0) is 0 Å². The zero-order valence-electron chi connectivity index (χ0n) is 6.07. The number of rotatable bonds is 0. The average Bonchev–Trinajstić information content (AvgIpc) is 1.92. The van der Waals surface area contributed by atoms with Gasteiger partial charge in [-0.05, 0) is 20.0 Å². The van der Waals surface area contributed by atoms with E-state index < -0.39 is 0 Å². The molecule has 0 spiro atoms. The van der Waals surface area contributed by atoms with Gasteiger partial charge in [0.05, 0.1) is 0 Å². The van der Waals surface area contributed by atoms with Gasteiger partial charge in [-0.25, -0.2) is 0 Å². The lowest BCUT2D eigenvalue weighted by molar-refractivity contribution is 0.407. The van der Waals surface area contributed by atoms with Gasteiger partial charge in [-0.1, -0.05) is 6.08 Å². The first-order chi connectivity index (χ1) is 4.21. The standard InChI is InChI=1S/C7H14N2/c1-7(2)6-8-4-3-5-9-7/h3-4,8-9H,5-6H2,1-2H3. The van der Waals surface area contributed by atoms with Crippen molar-refractivity contribution in [1.29, 1.82) is 0 Å². The van der Waals surface area contributed by atoms with Gasteiger partial charge in [-0.15, -0.1) is 0 Å². The van der Waals surface area contributed by atoms with Gasteiger partial charge in [0.15, 0.2) is 0 Å². The summed E-state index contributed by atoms with van der Waals surface area (Å²) in [7, 11) is 0. The van der Waals surface area contributed by atoms with Crippen molar-refractivity contribution in [3.63, 3.8) is 0 Å². The average molecular weight is 126 g/mol. The lowest BCUT2D eigenvalue weighted by Gasteiger charge is -2.23. The van der Waals surface area contributed by atoms with Gasteiger partial charge in [-0.2, -0.15) is 0 Å². The molecule has 1 aliphatic rings. The van der Waals surface area contributed by atoms with Crippen LogP contribution in [0.5, 0.6) is 0 Å². The minimum atomic E-state index is 0.240. The van der Waals surface area contributed by atoms with Crippen LogP contribution in [-0.4, -0.2) is 18.6 Å². The fourth-order valence-corrected chi connectivity index (χ4v) is 0.854. The summed E-state index contributed by atoms with van der Waals surface area (Å²) in [5, 5.41) is 6.57. The topological polar surface area (TPSA) is 24.1 Å². The van der Waals surface area contributed by atoms with Crippen LogP contribution in [0.15, 0.2) is 12.3 Å². The molecule has 52 valence electrons. The molecule has 1 aliphatic heterocycles. The quantitative estimate of drug-likeness (QED) is 0.493. The zero-order chi connectivity index (χ0) is 6.74. The van der Waals surface area contributed by atoms with Crippen molar-refractivity contribution in [2.75, 3.05) is 13.1 Å². The van der Waals surface area contributed by atoms with Gasteiger partial charge in [0.1, 0.15) is 0 Å². The molecule has 0 aromatic rings. The van der Waals surface area contributed by atoms with Crippen molar-refractivity contribution >= 4 is 0 Å². The van der Waals surface area contributed by atoms with Gasteiger partial charge >= 0.3 is 0 Å². The SMILES string of the molecule is CC1(C)CNC=CCN1. The zero-order valence-corrected chi connectivity index (χ0v) is 6.07. The minimum absolute atomic E-state index is 0.240. The third kappa shape index (κ3) is 2.06. The molecule has 0 aromatic carbocycles. The van der Waals surface area contributed by atoms with Crippen molar-refractivity contribution in [2.24, 2.45) is 0 Å². The molecular weight excluding hydrogens is 112 g/mol. The van der Waals surface area contributed by atoms with E-state index in [2.05, 4.69) is 30.6 Å². The molecule has 1 heterocycles. The number of hydrogen-bond donors (Lipinski definition) is 2. The number of hydrogen-bond acceptors (Lipinski definition) is 2. The Kier molecular flexibility index (Phi) is 1.76. The first-order valence-electron chi connectivity index (χ1n) is 3.34. The highest BCUT2D eigenvalue weighted by Crippen LogP contribution is 2.00. The van der Waals surface area contributed by atoms with E-state index in [-0.39, 0.29) is 5.54 Å². The second-order valence-corrected chi connectivity index (χ2v) is 3.05. The third-order valence-corrected chi connectivity index (χ3v) is 1.48. The minimum Gasteiger partial charge on any atom is -0.389 e. The van der Waals surface area contributed by atoms with Crippen LogP contribution < -0.4 is 10.6 Å². The smallest absolute Gasteiger partial charge is 0.0318 e. The highest BCUT2D eigenvalue weighted by molar-refractivity contribution is 4.93. The number of nitrogens with one attached hydrogen (secondary N) is 2. The Morgan fingerprint density at radius 1 is 1.44 bits per heavy atom. The Morgan fingerprint density at radius 2 is 2.22 bits per heavy atom. The molecule has 0 bridgehead atoms. The second-order valence-electron chi connectivity index (χ2n) is 3.05. The molecule has 1 rings (SSSR count). The van der Waals surface area contributed by atoms with E-state index in [0.29, 0.717) is 0 Å². The Balaban J connectivity index is 2.44. The van der Waals surface area contributed by atoms with Crippen molar-refractivity contribution in [3.05, 3.63) is 12.3 Å². The summed E-state index contributed by atoms with van der Waals surface area (Å²) in [5.74, 6) is 0. The molecule has 2 nitrogen and oxygen atoms in total. The first kappa shape index (κ1) is 6.62. The molecular formula is C7H14N2. The molecule has 0 amide bonds. The Labute approximate surface area is 56.3 Å². The van der Waals surface area contributed by atoms with E-state index in [9.17, 15) is 0 Å². The Hall–Kier alpha value is -0.500. The maximum absolute atomic E-state index is 3.37. The maximum Gasteiger partial charge on any atom is 0.0318 e. The summed E-state index contributed by atoms with van der Waals surface area (Å²) in [6.07, 6.45) is 4.09. The van der Waals surface area contributed by atoms with Gasteiger partial charge in [0.25, 0.3) is 0 Å². The van der Waals surface area contributed by atoms with E-state index in [1.165, 1.54) is 0 Å². The third-order valence-electron chi connectivity index (χ3n) is 1.48. The van der Waals surface area contributed by atoms with E-state index >= 15 is 0 Å². The van der Waals surface area contributed by atoms with E-state index in [1.807, 2.05) is 6.20 Å². The first-order valence-corrected chi connectivity index (χ1v) is 3.34. The molecule has 2 heteroatoms. The van der Waals surface area contributed by atoms with E-state index in [1.54, 1.807) is 0 Å². The summed E-state index contributed by atoms with van der Waals surface area (Å²) in [6.45, 7) is 6.35.